The van der Waals surface area contributed by atoms with Crippen LogP contribution in [-0.2, 0) is 4.79 Å². The molecule has 0 aliphatic carbocycles. The first kappa shape index (κ1) is 15.6. The number of carbonyl (C=O) groups is 1. The SMILES string of the molecule is CCC(CC)C(Cl)CNC(=O)CC(F)(F)F. The Balaban J connectivity index is 3.92. The average Bonchev–Trinajstić information content (AvgIpc) is 2.14. The van der Waals surface area contributed by atoms with E-state index in [0.717, 1.165) is 12.8 Å². The van der Waals surface area contributed by atoms with E-state index in [2.05, 4.69) is 5.32 Å². The molecule has 1 atom stereocenters. The van der Waals surface area contributed by atoms with Crippen molar-refractivity contribution in [1.29, 1.82) is 0 Å². The summed E-state index contributed by atoms with van der Waals surface area (Å²) < 4.78 is 35.5. The number of halogens is 4. The summed E-state index contributed by atoms with van der Waals surface area (Å²) in [5, 5.41) is 1.88. The van der Waals surface area contributed by atoms with Crippen LogP contribution in [0.5, 0.6) is 0 Å². The summed E-state index contributed by atoms with van der Waals surface area (Å²) in [7, 11) is 0. The summed E-state index contributed by atoms with van der Waals surface area (Å²) in [6, 6.07) is 0. The predicted molar refractivity (Wildman–Crippen MR) is 57.4 cm³/mol. The van der Waals surface area contributed by atoms with E-state index in [0.29, 0.717) is 0 Å². The van der Waals surface area contributed by atoms with E-state index in [1.54, 1.807) is 0 Å². The number of rotatable bonds is 6. The highest BCUT2D eigenvalue weighted by Crippen LogP contribution is 2.20. The van der Waals surface area contributed by atoms with Crippen LogP contribution in [0, 0.1) is 5.92 Å². The lowest BCUT2D eigenvalue weighted by Crippen LogP contribution is -2.35. The Morgan fingerprint density at radius 1 is 1.31 bits per heavy atom. The van der Waals surface area contributed by atoms with E-state index >= 15 is 0 Å². The lowest BCUT2D eigenvalue weighted by Gasteiger charge is -2.19. The Kier molecular flexibility index (Phi) is 6.79. The molecule has 0 aromatic heterocycles. The maximum absolute atomic E-state index is 11.8. The fraction of sp³-hybridized carbons (Fsp3) is 0.900. The molecule has 96 valence electrons. The Bertz CT molecular complexity index is 217. The fourth-order valence-electron chi connectivity index (χ4n) is 1.42. The van der Waals surface area contributed by atoms with Gasteiger partial charge in [0.15, 0.2) is 0 Å². The van der Waals surface area contributed by atoms with Crippen LogP contribution in [0.25, 0.3) is 0 Å². The van der Waals surface area contributed by atoms with Crippen molar-refractivity contribution in [2.24, 2.45) is 5.92 Å². The second-order valence-corrected chi connectivity index (χ2v) is 4.25. The summed E-state index contributed by atoms with van der Waals surface area (Å²) in [4.78, 5) is 10.9. The van der Waals surface area contributed by atoms with Crippen molar-refractivity contribution in [3.8, 4) is 0 Å². The number of amides is 1. The molecule has 0 bridgehead atoms. The zero-order chi connectivity index (χ0) is 12.8. The molecule has 0 aromatic rings. The van der Waals surface area contributed by atoms with Crippen molar-refractivity contribution in [1.82, 2.24) is 5.32 Å². The zero-order valence-electron chi connectivity index (χ0n) is 9.40. The van der Waals surface area contributed by atoms with Crippen LogP contribution >= 0.6 is 11.6 Å². The topological polar surface area (TPSA) is 29.1 Å². The molecular formula is C10H17ClF3NO. The Morgan fingerprint density at radius 3 is 2.19 bits per heavy atom. The second-order valence-electron chi connectivity index (χ2n) is 3.69. The van der Waals surface area contributed by atoms with E-state index in [9.17, 15) is 18.0 Å². The third kappa shape index (κ3) is 6.93. The highest BCUT2D eigenvalue weighted by molar-refractivity contribution is 6.21. The third-order valence-electron chi connectivity index (χ3n) is 2.42. The van der Waals surface area contributed by atoms with Gasteiger partial charge in [-0.25, -0.2) is 0 Å². The fourth-order valence-corrected chi connectivity index (χ4v) is 1.86. The molecule has 0 aromatic carbocycles. The van der Waals surface area contributed by atoms with Crippen LogP contribution in [0.15, 0.2) is 0 Å². The molecule has 0 spiro atoms. The van der Waals surface area contributed by atoms with Crippen molar-refractivity contribution in [2.45, 2.75) is 44.7 Å². The average molecular weight is 260 g/mol. The maximum Gasteiger partial charge on any atom is 0.397 e. The summed E-state index contributed by atoms with van der Waals surface area (Å²) >= 11 is 5.97. The number of hydrogen-bond acceptors (Lipinski definition) is 1. The molecule has 0 saturated heterocycles. The van der Waals surface area contributed by atoms with Crippen LogP contribution in [0.4, 0.5) is 13.2 Å². The molecule has 0 aliphatic heterocycles. The number of nitrogens with one attached hydrogen (secondary N) is 1. The summed E-state index contributed by atoms with van der Waals surface area (Å²) in [5.74, 6) is -0.808. The van der Waals surface area contributed by atoms with Gasteiger partial charge in [-0.3, -0.25) is 4.79 Å². The smallest absolute Gasteiger partial charge is 0.354 e. The summed E-state index contributed by atoms with van der Waals surface area (Å²) in [6.45, 7) is 4.00. The molecule has 0 fully saturated rings. The first-order valence-corrected chi connectivity index (χ1v) is 5.71. The molecule has 1 N–H and O–H groups in total. The van der Waals surface area contributed by atoms with Gasteiger partial charge in [0.2, 0.25) is 5.91 Å². The van der Waals surface area contributed by atoms with Crippen molar-refractivity contribution >= 4 is 17.5 Å². The molecule has 16 heavy (non-hydrogen) atoms. The van der Waals surface area contributed by atoms with Gasteiger partial charge < -0.3 is 5.32 Å². The summed E-state index contributed by atoms with van der Waals surface area (Å²) in [6.07, 6.45) is -4.21. The second kappa shape index (κ2) is 6.99. The van der Waals surface area contributed by atoms with Gasteiger partial charge in [-0.05, 0) is 5.92 Å². The van der Waals surface area contributed by atoms with Gasteiger partial charge in [-0.15, -0.1) is 11.6 Å². The lowest BCUT2D eigenvalue weighted by atomic mass is 9.99. The van der Waals surface area contributed by atoms with Gasteiger partial charge in [0.05, 0.1) is 5.38 Å². The molecule has 6 heteroatoms. The van der Waals surface area contributed by atoms with E-state index < -0.39 is 18.5 Å². The molecule has 0 saturated carbocycles. The predicted octanol–water partition coefficient (Wildman–Crippen LogP) is 3.10. The normalized spacial score (nSPS) is 13.9. The minimum Gasteiger partial charge on any atom is -0.354 e. The Labute approximate surface area is 98.5 Å². The molecule has 1 unspecified atom stereocenters. The monoisotopic (exact) mass is 259 g/mol. The van der Waals surface area contributed by atoms with Crippen molar-refractivity contribution < 1.29 is 18.0 Å². The quantitative estimate of drug-likeness (QED) is 0.730. The highest BCUT2D eigenvalue weighted by Gasteiger charge is 2.31. The van der Waals surface area contributed by atoms with Crippen molar-refractivity contribution in [3.05, 3.63) is 0 Å². The van der Waals surface area contributed by atoms with Gasteiger partial charge >= 0.3 is 6.18 Å². The first-order chi connectivity index (χ1) is 7.30. The van der Waals surface area contributed by atoms with Gasteiger partial charge in [0.1, 0.15) is 6.42 Å². The Hall–Kier alpha value is -0.450. The number of alkyl halides is 4. The minimum atomic E-state index is -4.46. The third-order valence-corrected chi connectivity index (χ3v) is 2.93. The highest BCUT2D eigenvalue weighted by atomic mass is 35.5. The van der Waals surface area contributed by atoms with Crippen molar-refractivity contribution in [3.63, 3.8) is 0 Å². The van der Waals surface area contributed by atoms with Gasteiger partial charge in [-0.1, -0.05) is 26.7 Å². The molecule has 2 nitrogen and oxygen atoms in total. The molecule has 0 rings (SSSR count). The van der Waals surface area contributed by atoms with Gasteiger partial charge in [0, 0.05) is 6.54 Å². The van der Waals surface area contributed by atoms with E-state index in [1.807, 2.05) is 13.8 Å². The van der Waals surface area contributed by atoms with Crippen LogP contribution < -0.4 is 5.32 Å². The molecule has 0 radical (unpaired) electrons. The van der Waals surface area contributed by atoms with Crippen LogP contribution in [-0.4, -0.2) is 24.0 Å². The molecular weight excluding hydrogens is 243 g/mol. The summed E-state index contributed by atoms with van der Waals surface area (Å²) in [5.41, 5.74) is 0. The maximum atomic E-state index is 11.8. The standard InChI is InChI=1S/C10H17ClF3NO/c1-3-7(4-2)8(11)6-15-9(16)5-10(12,13)14/h7-8H,3-6H2,1-2H3,(H,15,16). The van der Waals surface area contributed by atoms with E-state index in [-0.39, 0.29) is 17.8 Å². The lowest BCUT2D eigenvalue weighted by molar-refractivity contribution is -0.153. The minimum absolute atomic E-state index is 0.0861. The number of carbonyl (C=O) groups excluding carboxylic acids is 1. The first-order valence-electron chi connectivity index (χ1n) is 5.27. The largest absolute Gasteiger partial charge is 0.397 e. The van der Waals surface area contributed by atoms with Crippen LogP contribution in [0.2, 0.25) is 0 Å². The Morgan fingerprint density at radius 2 is 1.81 bits per heavy atom. The van der Waals surface area contributed by atoms with Gasteiger partial charge in [-0.2, -0.15) is 13.2 Å². The molecule has 0 heterocycles. The number of hydrogen-bond donors (Lipinski definition) is 1. The van der Waals surface area contributed by atoms with Gasteiger partial charge in [0.25, 0.3) is 0 Å². The van der Waals surface area contributed by atoms with Crippen LogP contribution in [0.3, 0.4) is 0 Å². The van der Waals surface area contributed by atoms with Crippen molar-refractivity contribution in [2.75, 3.05) is 6.54 Å². The zero-order valence-corrected chi connectivity index (χ0v) is 10.2. The van der Waals surface area contributed by atoms with Crippen LogP contribution in [0.1, 0.15) is 33.1 Å². The van der Waals surface area contributed by atoms with E-state index in [1.165, 1.54) is 0 Å². The van der Waals surface area contributed by atoms with E-state index in [4.69, 9.17) is 11.6 Å². The molecule has 1 amide bonds. The molecule has 0 aliphatic rings.